The highest BCUT2D eigenvalue weighted by atomic mass is 16.1. The Bertz CT molecular complexity index is 618. The molecule has 0 aliphatic carbocycles. The second-order valence-corrected chi connectivity index (χ2v) is 6.18. The molecule has 3 N–H and O–H groups in total. The molecule has 1 unspecified atom stereocenters. The monoisotopic (exact) mass is 296 g/mol. The minimum Gasteiger partial charge on any atom is -0.349 e. The first-order chi connectivity index (χ1) is 10.4. The van der Waals surface area contributed by atoms with Crippen LogP contribution in [0.15, 0.2) is 54.6 Å². The van der Waals surface area contributed by atoms with Gasteiger partial charge in [-0.05, 0) is 30.2 Å². The number of hydrogen-bond donors (Lipinski definition) is 2. The van der Waals surface area contributed by atoms with E-state index in [1.807, 2.05) is 49.4 Å². The summed E-state index contributed by atoms with van der Waals surface area (Å²) in [5.41, 5.74) is 8.32. The Balaban J connectivity index is 2.10. The molecule has 3 heteroatoms. The largest absolute Gasteiger partial charge is 0.349 e. The average molecular weight is 296 g/mol. The summed E-state index contributed by atoms with van der Waals surface area (Å²) in [5, 5.41) is 3.10. The molecular formula is C19H24N2O. The summed E-state index contributed by atoms with van der Waals surface area (Å²) in [7, 11) is 0. The third kappa shape index (κ3) is 3.55. The molecule has 2 aromatic rings. The fourth-order valence-corrected chi connectivity index (χ4v) is 2.37. The molecule has 116 valence electrons. The predicted molar refractivity (Wildman–Crippen MR) is 90.7 cm³/mol. The molecule has 0 aromatic heterocycles. The highest BCUT2D eigenvalue weighted by Crippen LogP contribution is 2.27. The molecule has 0 aliphatic heterocycles. The van der Waals surface area contributed by atoms with Gasteiger partial charge in [0.15, 0.2) is 0 Å². The van der Waals surface area contributed by atoms with Gasteiger partial charge in [-0.2, -0.15) is 0 Å². The molecule has 0 fully saturated rings. The van der Waals surface area contributed by atoms with Crippen LogP contribution in [0.2, 0.25) is 0 Å². The Kier molecular flexibility index (Phi) is 4.99. The van der Waals surface area contributed by atoms with Crippen LogP contribution in [0, 0.1) is 0 Å². The number of nitrogens with two attached hydrogens (primary N) is 1. The summed E-state index contributed by atoms with van der Waals surface area (Å²) < 4.78 is 0. The molecule has 0 saturated heterocycles. The number of nitrogens with one attached hydrogen (secondary N) is 1. The van der Waals surface area contributed by atoms with Gasteiger partial charge < -0.3 is 11.1 Å². The summed E-state index contributed by atoms with van der Waals surface area (Å²) in [6.45, 7) is 6.81. The van der Waals surface area contributed by atoms with Crippen molar-refractivity contribution in [2.24, 2.45) is 5.73 Å². The number of hydrogen-bond acceptors (Lipinski definition) is 2. The van der Waals surface area contributed by atoms with Gasteiger partial charge in [0.1, 0.15) is 0 Å². The van der Waals surface area contributed by atoms with Gasteiger partial charge in [0.05, 0.1) is 0 Å². The molecule has 0 heterocycles. The lowest BCUT2D eigenvalue weighted by molar-refractivity contribution is 0.0924. The summed E-state index contributed by atoms with van der Waals surface area (Å²) in [4.78, 5) is 12.4. The fraction of sp³-hybridized carbons (Fsp3) is 0.316. The number of rotatable bonds is 5. The van der Waals surface area contributed by atoms with Gasteiger partial charge in [-0.15, -0.1) is 0 Å². The van der Waals surface area contributed by atoms with Gasteiger partial charge in [0.25, 0.3) is 5.91 Å². The van der Waals surface area contributed by atoms with Crippen LogP contribution in [0.25, 0.3) is 0 Å². The highest BCUT2D eigenvalue weighted by molar-refractivity contribution is 5.94. The van der Waals surface area contributed by atoms with Crippen LogP contribution in [0.1, 0.15) is 42.3 Å². The molecule has 2 aromatic carbocycles. The van der Waals surface area contributed by atoms with Crippen LogP contribution in [0.3, 0.4) is 0 Å². The van der Waals surface area contributed by atoms with Crippen molar-refractivity contribution in [3.8, 4) is 0 Å². The zero-order chi connectivity index (χ0) is 16.2. The number of carbonyl (C=O) groups excluding carboxylic acids is 1. The number of carbonyl (C=O) groups is 1. The van der Waals surface area contributed by atoms with E-state index in [2.05, 4.69) is 31.3 Å². The van der Waals surface area contributed by atoms with Crippen LogP contribution < -0.4 is 11.1 Å². The third-order valence-corrected chi connectivity index (χ3v) is 4.40. The van der Waals surface area contributed by atoms with E-state index in [1.165, 1.54) is 5.56 Å². The highest BCUT2D eigenvalue weighted by Gasteiger charge is 2.29. The topological polar surface area (TPSA) is 55.1 Å². The van der Waals surface area contributed by atoms with Crippen molar-refractivity contribution in [3.63, 3.8) is 0 Å². The van der Waals surface area contributed by atoms with Crippen LogP contribution in [0.5, 0.6) is 0 Å². The Morgan fingerprint density at radius 2 is 1.68 bits per heavy atom. The Labute approximate surface area is 132 Å². The Morgan fingerprint density at radius 1 is 1.09 bits per heavy atom. The molecule has 3 nitrogen and oxygen atoms in total. The van der Waals surface area contributed by atoms with E-state index in [1.54, 1.807) is 0 Å². The Hall–Kier alpha value is -2.13. The van der Waals surface area contributed by atoms with Gasteiger partial charge >= 0.3 is 0 Å². The molecule has 0 radical (unpaired) electrons. The molecule has 1 amide bonds. The molecule has 0 bridgehead atoms. The maximum absolute atomic E-state index is 12.4. The van der Waals surface area contributed by atoms with Gasteiger partial charge in [-0.3, -0.25) is 4.79 Å². The van der Waals surface area contributed by atoms with E-state index in [4.69, 9.17) is 5.73 Å². The summed E-state index contributed by atoms with van der Waals surface area (Å²) >= 11 is 0. The minimum atomic E-state index is -0.145. The third-order valence-electron chi connectivity index (χ3n) is 4.40. The summed E-state index contributed by atoms with van der Waals surface area (Å²) in [6, 6.07) is 17.7. The van der Waals surface area contributed by atoms with Crippen LogP contribution >= 0.6 is 0 Å². The predicted octanol–water partition coefficient (Wildman–Crippen LogP) is 3.24. The number of amides is 1. The first-order valence-corrected chi connectivity index (χ1v) is 7.60. The fourth-order valence-electron chi connectivity index (χ4n) is 2.37. The second kappa shape index (κ2) is 6.75. The molecule has 22 heavy (non-hydrogen) atoms. The lowest BCUT2D eigenvalue weighted by Crippen LogP contribution is -2.45. The van der Waals surface area contributed by atoms with E-state index in [9.17, 15) is 4.79 Å². The van der Waals surface area contributed by atoms with Crippen molar-refractivity contribution in [2.45, 2.75) is 38.8 Å². The van der Waals surface area contributed by atoms with Crippen LogP contribution in [-0.2, 0) is 12.0 Å². The minimum absolute atomic E-state index is 0.0107. The normalized spacial score (nSPS) is 12.7. The molecule has 0 saturated carbocycles. The maximum Gasteiger partial charge on any atom is 0.251 e. The maximum atomic E-state index is 12.4. The van der Waals surface area contributed by atoms with Crippen molar-refractivity contribution < 1.29 is 4.79 Å². The zero-order valence-electron chi connectivity index (χ0n) is 13.5. The first-order valence-electron chi connectivity index (χ1n) is 7.60. The van der Waals surface area contributed by atoms with Gasteiger partial charge in [0, 0.05) is 23.6 Å². The van der Waals surface area contributed by atoms with E-state index < -0.39 is 0 Å². The second-order valence-electron chi connectivity index (χ2n) is 6.18. The Morgan fingerprint density at radius 3 is 2.23 bits per heavy atom. The van der Waals surface area contributed by atoms with Crippen LogP contribution in [0.4, 0.5) is 0 Å². The van der Waals surface area contributed by atoms with E-state index in [0.29, 0.717) is 12.1 Å². The van der Waals surface area contributed by atoms with Crippen molar-refractivity contribution in [1.29, 1.82) is 0 Å². The standard InChI is InChI=1S/C19H24N2O/c1-14(19(2,3)17-7-5-4-6-8-17)21-18(22)16-11-9-15(13-20)10-12-16/h4-12,14H,13,20H2,1-3H3,(H,21,22). The molecule has 1 atom stereocenters. The zero-order valence-corrected chi connectivity index (χ0v) is 13.5. The SMILES string of the molecule is CC(NC(=O)c1ccc(CN)cc1)C(C)(C)c1ccccc1. The molecule has 2 rings (SSSR count). The molecule has 0 aliphatic rings. The number of benzene rings is 2. The van der Waals surface area contributed by atoms with Crippen molar-refractivity contribution in [3.05, 3.63) is 71.3 Å². The van der Waals surface area contributed by atoms with Gasteiger partial charge in [0.2, 0.25) is 0 Å². The van der Waals surface area contributed by atoms with E-state index in [0.717, 1.165) is 5.56 Å². The molecule has 0 spiro atoms. The lowest BCUT2D eigenvalue weighted by Gasteiger charge is -2.33. The smallest absolute Gasteiger partial charge is 0.251 e. The van der Waals surface area contributed by atoms with Crippen molar-refractivity contribution >= 4 is 5.91 Å². The first kappa shape index (κ1) is 16.2. The summed E-state index contributed by atoms with van der Waals surface area (Å²) in [5.74, 6) is -0.0555. The quantitative estimate of drug-likeness (QED) is 0.890. The average Bonchev–Trinajstić information content (AvgIpc) is 2.55. The van der Waals surface area contributed by atoms with Crippen molar-refractivity contribution in [1.82, 2.24) is 5.32 Å². The van der Waals surface area contributed by atoms with E-state index >= 15 is 0 Å². The molecular weight excluding hydrogens is 272 g/mol. The lowest BCUT2D eigenvalue weighted by atomic mass is 9.78. The van der Waals surface area contributed by atoms with Crippen molar-refractivity contribution in [2.75, 3.05) is 0 Å². The van der Waals surface area contributed by atoms with Gasteiger partial charge in [-0.25, -0.2) is 0 Å². The summed E-state index contributed by atoms with van der Waals surface area (Å²) in [6.07, 6.45) is 0. The van der Waals surface area contributed by atoms with Crippen LogP contribution in [-0.4, -0.2) is 11.9 Å². The van der Waals surface area contributed by atoms with E-state index in [-0.39, 0.29) is 17.4 Å². The van der Waals surface area contributed by atoms with Gasteiger partial charge in [-0.1, -0.05) is 56.3 Å².